The molecule has 4 heteroatoms. The molecule has 4 nitrogen and oxygen atoms in total. The quantitative estimate of drug-likeness (QED) is 0.782. The minimum absolute atomic E-state index is 0.0272. The predicted octanol–water partition coefficient (Wildman–Crippen LogP) is 2.03. The minimum Gasteiger partial charge on any atom is -0.353 e. The highest BCUT2D eigenvalue weighted by Crippen LogP contribution is 2.56. The van der Waals surface area contributed by atoms with E-state index >= 15 is 0 Å². The van der Waals surface area contributed by atoms with Crippen molar-refractivity contribution in [2.45, 2.75) is 75.2 Å². The fourth-order valence-corrected chi connectivity index (χ4v) is 5.77. The molecule has 6 aliphatic rings. The molecule has 4 atom stereocenters. The monoisotopic (exact) mass is 279 g/mol. The Balaban J connectivity index is 1.19. The van der Waals surface area contributed by atoms with E-state index in [1.165, 1.54) is 38.5 Å². The highest BCUT2D eigenvalue weighted by Gasteiger charge is 2.55. The van der Waals surface area contributed by atoms with Crippen LogP contribution in [0.1, 0.15) is 44.9 Å². The molecule has 4 saturated carbocycles. The first-order chi connectivity index (χ1) is 9.73. The van der Waals surface area contributed by atoms with Crippen molar-refractivity contribution in [1.29, 1.82) is 0 Å². The predicted molar refractivity (Wildman–Crippen MR) is 73.0 cm³/mol. The SMILES string of the molecule is COC1OC1CC1OC1NC12CC3CC(CC(C3)C1)C2. The van der Waals surface area contributed by atoms with Crippen molar-refractivity contribution in [1.82, 2.24) is 5.32 Å². The van der Waals surface area contributed by atoms with Gasteiger partial charge in [-0.15, -0.1) is 0 Å². The third-order valence-corrected chi connectivity index (χ3v) is 6.30. The maximum Gasteiger partial charge on any atom is 0.184 e. The maximum atomic E-state index is 5.85. The van der Waals surface area contributed by atoms with Gasteiger partial charge in [-0.3, -0.25) is 5.32 Å². The Labute approximate surface area is 120 Å². The lowest BCUT2D eigenvalue weighted by Gasteiger charge is -2.57. The zero-order valence-corrected chi connectivity index (χ0v) is 12.2. The molecule has 4 bridgehead atoms. The van der Waals surface area contributed by atoms with Crippen molar-refractivity contribution in [3.63, 3.8) is 0 Å². The van der Waals surface area contributed by atoms with E-state index in [2.05, 4.69) is 5.32 Å². The van der Waals surface area contributed by atoms with Gasteiger partial charge >= 0.3 is 0 Å². The van der Waals surface area contributed by atoms with Crippen molar-refractivity contribution in [2.75, 3.05) is 7.11 Å². The number of methoxy groups -OCH3 is 1. The lowest BCUT2D eigenvalue weighted by molar-refractivity contribution is -0.0251. The Morgan fingerprint density at radius 3 is 2.20 bits per heavy atom. The molecule has 6 fully saturated rings. The number of ether oxygens (including phenoxy) is 3. The number of hydrogen-bond acceptors (Lipinski definition) is 4. The van der Waals surface area contributed by atoms with Gasteiger partial charge in [0.05, 0.1) is 0 Å². The van der Waals surface area contributed by atoms with Crippen LogP contribution in [-0.4, -0.2) is 37.4 Å². The average Bonchev–Trinajstić information content (AvgIpc) is 3.27. The van der Waals surface area contributed by atoms with E-state index in [0.717, 1.165) is 24.2 Å². The van der Waals surface area contributed by atoms with Gasteiger partial charge in [-0.05, 0) is 56.3 Å². The summed E-state index contributed by atoms with van der Waals surface area (Å²) in [6, 6.07) is 0. The highest BCUT2D eigenvalue weighted by atomic mass is 16.8. The molecule has 0 spiro atoms. The standard InChI is InChI=1S/C16H25NO3/c1-18-15-13(20-15)5-12-14(19-12)17-16-6-9-2-10(7-16)4-11(3-9)8-16/h9-15,17H,2-8H2,1H3. The average molecular weight is 279 g/mol. The molecule has 1 N–H and O–H groups in total. The summed E-state index contributed by atoms with van der Waals surface area (Å²) in [4.78, 5) is 0. The summed E-state index contributed by atoms with van der Waals surface area (Å²) in [6.07, 6.45) is 10.6. The van der Waals surface area contributed by atoms with Crippen LogP contribution in [0.3, 0.4) is 0 Å². The minimum atomic E-state index is 0.0272. The van der Waals surface area contributed by atoms with Gasteiger partial charge in [0.1, 0.15) is 18.4 Å². The smallest absolute Gasteiger partial charge is 0.184 e. The number of rotatable bonds is 5. The van der Waals surface area contributed by atoms with Gasteiger partial charge in [0.2, 0.25) is 0 Å². The fourth-order valence-electron chi connectivity index (χ4n) is 5.77. The lowest BCUT2D eigenvalue weighted by atomic mass is 9.53. The molecule has 4 unspecified atom stereocenters. The zero-order valence-electron chi connectivity index (χ0n) is 12.2. The Bertz CT molecular complexity index is 377. The van der Waals surface area contributed by atoms with Crippen LogP contribution in [0.15, 0.2) is 0 Å². The van der Waals surface area contributed by atoms with E-state index in [9.17, 15) is 0 Å². The van der Waals surface area contributed by atoms with Gasteiger partial charge in [-0.25, -0.2) is 0 Å². The van der Waals surface area contributed by atoms with Gasteiger partial charge in [0.15, 0.2) is 6.29 Å². The first-order valence-electron chi connectivity index (χ1n) is 8.34. The second-order valence-corrected chi connectivity index (χ2v) is 7.95. The van der Waals surface area contributed by atoms with Crippen LogP contribution in [0.5, 0.6) is 0 Å². The van der Waals surface area contributed by atoms with Crippen molar-refractivity contribution < 1.29 is 14.2 Å². The van der Waals surface area contributed by atoms with Gasteiger partial charge in [0, 0.05) is 19.1 Å². The van der Waals surface area contributed by atoms with Crippen LogP contribution in [0.25, 0.3) is 0 Å². The molecule has 0 amide bonds. The summed E-state index contributed by atoms with van der Waals surface area (Å²) in [5.41, 5.74) is 0.416. The summed E-state index contributed by atoms with van der Waals surface area (Å²) < 4.78 is 16.5. The number of epoxide rings is 2. The fraction of sp³-hybridized carbons (Fsp3) is 1.00. The summed E-state index contributed by atoms with van der Waals surface area (Å²) >= 11 is 0. The second kappa shape index (κ2) is 4.19. The normalized spacial score (nSPS) is 59.0. The molecular formula is C16H25NO3. The molecule has 2 aliphatic heterocycles. The lowest BCUT2D eigenvalue weighted by Crippen LogP contribution is -2.59. The second-order valence-electron chi connectivity index (χ2n) is 7.95. The van der Waals surface area contributed by atoms with Crippen molar-refractivity contribution >= 4 is 0 Å². The molecule has 20 heavy (non-hydrogen) atoms. The molecule has 2 saturated heterocycles. The van der Waals surface area contributed by atoms with Crippen LogP contribution in [0.4, 0.5) is 0 Å². The van der Waals surface area contributed by atoms with E-state index in [0.29, 0.717) is 11.6 Å². The van der Waals surface area contributed by atoms with Gasteiger partial charge in [0.25, 0.3) is 0 Å². The topological polar surface area (TPSA) is 46.3 Å². The third kappa shape index (κ3) is 2.04. The van der Waals surface area contributed by atoms with E-state index < -0.39 is 0 Å². The van der Waals surface area contributed by atoms with E-state index in [-0.39, 0.29) is 18.6 Å². The van der Waals surface area contributed by atoms with Crippen LogP contribution in [-0.2, 0) is 14.2 Å². The largest absolute Gasteiger partial charge is 0.353 e. The number of hydrogen-bond donors (Lipinski definition) is 1. The van der Waals surface area contributed by atoms with Crippen LogP contribution in [0, 0.1) is 17.8 Å². The first kappa shape index (κ1) is 12.4. The molecule has 6 rings (SSSR count). The summed E-state index contributed by atoms with van der Waals surface area (Å²) in [5, 5.41) is 3.90. The van der Waals surface area contributed by atoms with Crippen molar-refractivity contribution in [2.24, 2.45) is 17.8 Å². The molecular weight excluding hydrogens is 254 g/mol. The van der Waals surface area contributed by atoms with Gasteiger partial charge < -0.3 is 14.2 Å². The molecule has 0 aromatic rings. The van der Waals surface area contributed by atoms with Crippen LogP contribution in [0.2, 0.25) is 0 Å². The Morgan fingerprint density at radius 2 is 1.65 bits per heavy atom. The first-order valence-corrected chi connectivity index (χ1v) is 8.34. The molecule has 0 aromatic heterocycles. The van der Waals surface area contributed by atoms with Gasteiger partial charge in [-0.1, -0.05) is 0 Å². The van der Waals surface area contributed by atoms with E-state index in [1.54, 1.807) is 7.11 Å². The zero-order chi connectivity index (χ0) is 13.3. The van der Waals surface area contributed by atoms with E-state index in [4.69, 9.17) is 14.2 Å². The number of nitrogens with one attached hydrogen (secondary N) is 1. The van der Waals surface area contributed by atoms with Crippen molar-refractivity contribution in [3.8, 4) is 0 Å². The van der Waals surface area contributed by atoms with Crippen LogP contribution < -0.4 is 5.32 Å². The van der Waals surface area contributed by atoms with E-state index in [1.807, 2.05) is 0 Å². The molecule has 112 valence electrons. The summed E-state index contributed by atoms with van der Waals surface area (Å²) in [7, 11) is 1.71. The summed E-state index contributed by atoms with van der Waals surface area (Å²) in [6.45, 7) is 0. The maximum absolute atomic E-state index is 5.85. The molecule has 0 aromatic carbocycles. The Kier molecular flexibility index (Phi) is 2.59. The molecule has 0 radical (unpaired) electrons. The summed E-state index contributed by atoms with van der Waals surface area (Å²) in [5.74, 6) is 2.99. The molecule has 2 heterocycles. The highest BCUT2D eigenvalue weighted by molar-refractivity contribution is 5.08. The van der Waals surface area contributed by atoms with Crippen LogP contribution >= 0.6 is 0 Å². The Morgan fingerprint density at radius 1 is 1.00 bits per heavy atom. The van der Waals surface area contributed by atoms with Crippen molar-refractivity contribution in [3.05, 3.63) is 0 Å². The van der Waals surface area contributed by atoms with Gasteiger partial charge in [-0.2, -0.15) is 0 Å². The Hall–Kier alpha value is -0.160. The third-order valence-electron chi connectivity index (χ3n) is 6.30. The molecule has 4 aliphatic carbocycles.